The van der Waals surface area contributed by atoms with Crippen LogP contribution in [0.2, 0.25) is 0 Å². The summed E-state index contributed by atoms with van der Waals surface area (Å²) in [4.78, 5) is 17.0. The number of benzene rings is 1. The number of hydrogen-bond donors (Lipinski definition) is 2. The van der Waals surface area contributed by atoms with Crippen molar-refractivity contribution in [1.82, 2.24) is 20.1 Å². The molecule has 0 aliphatic heterocycles. The molecule has 1 heterocycles. The first-order chi connectivity index (χ1) is 12.0. The molecule has 7 heteroatoms. The van der Waals surface area contributed by atoms with Gasteiger partial charge in [-0.3, -0.25) is 4.79 Å². The number of hydrogen-bond acceptors (Lipinski definition) is 4. The largest absolute Gasteiger partial charge is 0.346 e. The van der Waals surface area contributed by atoms with Crippen LogP contribution in [0.3, 0.4) is 0 Å². The molecular formula is C18H24FN5O. The fourth-order valence-electron chi connectivity index (χ4n) is 3.33. The Bertz CT molecular complexity index is 758. The van der Waals surface area contributed by atoms with E-state index >= 15 is 0 Å². The Kier molecular flexibility index (Phi) is 5.13. The third-order valence-electron chi connectivity index (χ3n) is 4.68. The highest BCUT2D eigenvalue weighted by Gasteiger charge is 2.29. The first kappa shape index (κ1) is 17.5. The summed E-state index contributed by atoms with van der Waals surface area (Å²) in [6, 6.07) is 6.17. The predicted octanol–water partition coefficient (Wildman–Crippen LogP) is 2.39. The molecule has 25 heavy (non-hydrogen) atoms. The maximum absolute atomic E-state index is 13.6. The summed E-state index contributed by atoms with van der Waals surface area (Å²) < 4.78 is 15.1. The number of rotatable bonds is 5. The zero-order valence-electron chi connectivity index (χ0n) is 14.6. The minimum Gasteiger partial charge on any atom is -0.346 e. The van der Waals surface area contributed by atoms with Gasteiger partial charge in [-0.15, -0.1) is 5.10 Å². The lowest BCUT2D eigenvalue weighted by atomic mass is 10.0. The molecule has 1 fully saturated rings. The zero-order valence-corrected chi connectivity index (χ0v) is 14.6. The Balaban J connectivity index is 1.87. The molecule has 2 atom stereocenters. The summed E-state index contributed by atoms with van der Waals surface area (Å²) in [6.45, 7) is 4.49. The van der Waals surface area contributed by atoms with Crippen LogP contribution >= 0.6 is 0 Å². The van der Waals surface area contributed by atoms with Crippen LogP contribution in [0.4, 0.5) is 4.39 Å². The lowest BCUT2D eigenvalue weighted by Crippen LogP contribution is -2.40. The molecular weight excluding hydrogens is 321 g/mol. The molecule has 0 spiro atoms. The zero-order chi connectivity index (χ0) is 18.0. The minimum atomic E-state index is -0.356. The van der Waals surface area contributed by atoms with E-state index in [4.69, 9.17) is 5.73 Å². The van der Waals surface area contributed by atoms with Crippen LogP contribution in [0.5, 0.6) is 0 Å². The third-order valence-corrected chi connectivity index (χ3v) is 4.68. The van der Waals surface area contributed by atoms with Crippen molar-refractivity contribution in [3.8, 4) is 5.69 Å². The van der Waals surface area contributed by atoms with Crippen molar-refractivity contribution in [3.05, 3.63) is 41.7 Å². The molecule has 1 aromatic heterocycles. The number of amides is 1. The summed E-state index contributed by atoms with van der Waals surface area (Å²) in [5.74, 6) is 0.417. The van der Waals surface area contributed by atoms with Crippen LogP contribution < -0.4 is 11.1 Å². The summed E-state index contributed by atoms with van der Waals surface area (Å²) in [6.07, 6.45) is 3.02. The number of halogens is 1. The van der Waals surface area contributed by atoms with E-state index in [1.54, 1.807) is 12.1 Å². The topological polar surface area (TPSA) is 85.8 Å². The molecule has 0 radical (unpaired) electrons. The third kappa shape index (κ3) is 3.71. The van der Waals surface area contributed by atoms with Crippen molar-refractivity contribution in [3.63, 3.8) is 0 Å². The van der Waals surface area contributed by atoms with E-state index in [9.17, 15) is 9.18 Å². The van der Waals surface area contributed by atoms with Crippen molar-refractivity contribution < 1.29 is 9.18 Å². The standard InChI is InChI=1S/C18H24FN5O/c1-11(2)17-22-16(18(25)21-15-8-3-5-12(15)10-20)23-24(17)14-7-4-6-13(19)9-14/h4,6-7,9,11-12,15H,3,5,8,10,20H2,1-2H3,(H,21,25). The van der Waals surface area contributed by atoms with Gasteiger partial charge < -0.3 is 11.1 Å². The highest BCUT2D eigenvalue weighted by atomic mass is 19.1. The molecule has 3 N–H and O–H groups in total. The molecule has 2 aromatic rings. The van der Waals surface area contributed by atoms with Crippen molar-refractivity contribution in [2.75, 3.05) is 6.54 Å². The van der Waals surface area contributed by atoms with Gasteiger partial charge in [-0.1, -0.05) is 26.3 Å². The first-order valence-electron chi connectivity index (χ1n) is 8.73. The van der Waals surface area contributed by atoms with Gasteiger partial charge in [0.1, 0.15) is 11.6 Å². The fraction of sp³-hybridized carbons (Fsp3) is 0.500. The maximum atomic E-state index is 13.6. The maximum Gasteiger partial charge on any atom is 0.291 e. The number of nitrogens with two attached hydrogens (primary N) is 1. The molecule has 1 amide bonds. The smallest absolute Gasteiger partial charge is 0.291 e. The normalized spacial score (nSPS) is 20.2. The molecule has 1 aromatic carbocycles. The Morgan fingerprint density at radius 1 is 1.44 bits per heavy atom. The van der Waals surface area contributed by atoms with Crippen LogP contribution in [-0.2, 0) is 0 Å². The van der Waals surface area contributed by atoms with Gasteiger partial charge in [0.2, 0.25) is 5.82 Å². The van der Waals surface area contributed by atoms with Gasteiger partial charge >= 0.3 is 0 Å². The van der Waals surface area contributed by atoms with E-state index in [-0.39, 0.29) is 29.5 Å². The van der Waals surface area contributed by atoms with Crippen molar-refractivity contribution in [2.24, 2.45) is 11.7 Å². The van der Waals surface area contributed by atoms with Crippen LogP contribution in [0, 0.1) is 11.7 Å². The van der Waals surface area contributed by atoms with Gasteiger partial charge in [-0.05, 0) is 43.5 Å². The van der Waals surface area contributed by atoms with E-state index in [0.29, 0.717) is 24.0 Å². The summed E-state index contributed by atoms with van der Waals surface area (Å²) in [5, 5.41) is 7.34. The monoisotopic (exact) mass is 345 g/mol. The van der Waals surface area contributed by atoms with Crippen molar-refractivity contribution >= 4 is 5.91 Å². The van der Waals surface area contributed by atoms with Crippen LogP contribution in [0.25, 0.3) is 5.69 Å². The highest BCUT2D eigenvalue weighted by molar-refractivity contribution is 5.90. The van der Waals surface area contributed by atoms with Gasteiger partial charge in [0.15, 0.2) is 0 Å². The molecule has 134 valence electrons. The summed E-state index contributed by atoms with van der Waals surface area (Å²) in [5.41, 5.74) is 6.33. The van der Waals surface area contributed by atoms with Gasteiger partial charge in [-0.25, -0.2) is 14.1 Å². The second-order valence-corrected chi connectivity index (χ2v) is 6.85. The molecule has 1 aliphatic rings. The second-order valence-electron chi connectivity index (χ2n) is 6.85. The minimum absolute atomic E-state index is 0.0422. The SMILES string of the molecule is CC(C)c1nc(C(=O)NC2CCCC2CN)nn1-c1cccc(F)c1. The number of nitrogens with one attached hydrogen (secondary N) is 1. The van der Waals surface area contributed by atoms with Crippen LogP contribution in [0.1, 0.15) is 55.5 Å². The first-order valence-corrected chi connectivity index (χ1v) is 8.73. The Labute approximate surface area is 146 Å². The lowest BCUT2D eigenvalue weighted by Gasteiger charge is -2.18. The number of carbonyl (C=O) groups excluding carboxylic acids is 1. The second kappa shape index (κ2) is 7.31. The molecule has 2 unspecified atom stereocenters. The quantitative estimate of drug-likeness (QED) is 0.871. The average molecular weight is 345 g/mol. The highest BCUT2D eigenvalue weighted by Crippen LogP contribution is 2.25. The molecule has 1 saturated carbocycles. The van der Waals surface area contributed by atoms with E-state index in [1.165, 1.54) is 16.8 Å². The van der Waals surface area contributed by atoms with Crippen LogP contribution in [-0.4, -0.2) is 33.3 Å². The van der Waals surface area contributed by atoms with Gasteiger partial charge in [-0.2, -0.15) is 0 Å². The van der Waals surface area contributed by atoms with E-state index in [2.05, 4.69) is 15.4 Å². The Hall–Kier alpha value is -2.28. The molecule has 1 aliphatic carbocycles. The summed E-state index contributed by atoms with van der Waals surface area (Å²) in [7, 11) is 0. The fourth-order valence-corrected chi connectivity index (χ4v) is 3.33. The average Bonchev–Trinajstić information content (AvgIpc) is 3.21. The molecule has 3 rings (SSSR count). The number of aromatic nitrogens is 3. The predicted molar refractivity (Wildman–Crippen MR) is 93.1 cm³/mol. The van der Waals surface area contributed by atoms with E-state index < -0.39 is 0 Å². The molecule has 0 saturated heterocycles. The Morgan fingerprint density at radius 2 is 2.24 bits per heavy atom. The van der Waals surface area contributed by atoms with Gasteiger partial charge in [0.05, 0.1) is 5.69 Å². The Morgan fingerprint density at radius 3 is 2.92 bits per heavy atom. The van der Waals surface area contributed by atoms with Crippen molar-refractivity contribution in [2.45, 2.75) is 45.1 Å². The molecule has 6 nitrogen and oxygen atoms in total. The van der Waals surface area contributed by atoms with Gasteiger partial charge in [0.25, 0.3) is 5.91 Å². The molecule has 0 bridgehead atoms. The van der Waals surface area contributed by atoms with Crippen molar-refractivity contribution in [1.29, 1.82) is 0 Å². The lowest BCUT2D eigenvalue weighted by molar-refractivity contribution is 0.0918. The number of carbonyl (C=O) groups is 1. The van der Waals surface area contributed by atoms with Gasteiger partial charge in [0, 0.05) is 12.0 Å². The van der Waals surface area contributed by atoms with E-state index in [1.807, 2.05) is 13.8 Å². The van der Waals surface area contributed by atoms with E-state index in [0.717, 1.165) is 19.3 Å². The summed E-state index contributed by atoms with van der Waals surface area (Å²) >= 11 is 0. The van der Waals surface area contributed by atoms with Crippen LogP contribution in [0.15, 0.2) is 24.3 Å². The number of nitrogens with zero attached hydrogens (tertiary/aromatic N) is 3.